The predicted octanol–water partition coefficient (Wildman–Crippen LogP) is 3.69. The van der Waals surface area contributed by atoms with Gasteiger partial charge in [-0.1, -0.05) is 36.8 Å². The van der Waals surface area contributed by atoms with Crippen LogP contribution < -0.4 is 0 Å². The van der Waals surface area contributed by atoms with Crippen LogP contribution in [0, 0.1) is 6.92 Å². The van der Waals surface area contributed by atoms with Gasteiger partial charge in [0.1, 0.15) is 0 Å². The third kappa shape index (κ3) is 4.61. The maximum absolute atomic E-state index is 12.1. The van der Waals surface area contributed by atoms with Crippen molar-refractivity contribution in [3.63, 3.8) is 0 Å². The third-order valence-corrected chi connectivity index (χ3v) is 3.24. The first-order chi connectivity index (χ1) is 8.54. The van der Waals surface area contributed by atoms with E-state index in [0.717, 1.165) is 25.1 Å². The van der Waals surface area contributed by atoms with Crippen LogP contribution in [0.15, 0.2) is 24.3 Å². The van der Waals surface area contributed by atoms with Crippen LogP contribution in [0.25, 0.3) is 0 Å². The molecular weight excluding hydrogens is 222 g/mol. The van der Waals surface area contributed by atoms with Gasteiger partial charge in [0.25, 0.3) is 0 Å². The number of hydrogen-bond donors (Lipinski definition) is 0. The normalized spacial score (nSPS) is 11.2. The van der Waals surface area contributed by atoms with Crippen molar-refractivity contribution in [1.29, 1.82) is 0 Å². The Morgan fingerprint density at radius 2 is 1.78 bits per heavy atom. The van der Waals surface area contributed by atoms with Crippen molar-refractivity contribution in [2.45, 2.75) is 46.6 Å². The number of ketones is 1. The van der Waals surface area contributed by atoms with Crippen molar-refractivity contribution in [3.8, 4) is 0 Å². The van der Waals surface area contributed by atoms with Gasteiger partial charge >= 0.3 is 0 Å². The average Bonchev–Trinajstić information content (AvgIpc) is 2.34. The summed E-state index contributed by atoms with van der Waals surface area (Å²) in [6, 6.07) is 8.36. The Balaban J connectivity index is 2.51. The van der Waals surface area contributed by atoms with Crippen LogP contribution in [-0.4, -0.2) is 29.8 Å². The molecule has 1 rings (SSSR count). The Morgan fingerprint density at radius 1 is 1.17 bits per heavy atom. The summed E-state index contributed by atoms with van der Waals surface area (Å²) in [5.74, 6) is 0.247. The van der Waals surface area contributed by atoms with Crippen LogP contribution in [0.1, 0.15) is 49.5 Å². The molecule has 0 amide bonds. The standard InChI is InChI=1S/C16H25NO/c1-5-11-17(13(2)3)12-10-16(18)15-8-6-14(4)7-9-15/h6-9,13H,5,10-12H2,1-4H3. The van der Waals surface area contributed by atoms with Gasteiger partial charge in [0.05, 0.1) is 0 Å². The highest BCUT2D eigenvalue weighted by Gasteiger charge is 2.11. The molecule has 0 aliphatic heterocycles. The monoisotopic (exact) mass is 247 g/mol. The lowest BCUT2D eigenvalue weighted by Gasteiger charge is -2.25. The Labute approximate surface area is 111 Å². The second-order valence-corrected chi connectivity index (χ2v) is 5.17. The molecular formula is C16H25NO. The van der Waals surface area contributed by atoms with Gasteiger partial charge in [0.15, 0.2) is 5.78 Å². The second kappa shape index (κ2) is 7.32. The molecule has 0 saturated carbocycles. The Hall–Kier alpha value is -1.15. The van der Waals surface area contributed by atoms with Crippen LogP contribution in [0.5, 0.6) is 0 Å². The molecule has 100 valence electrons. The molecule has 0 N–H and O–H groups in total. The third-order valence-electron chi connectivity index (χ3n) is 3.24. The first kappa shape index (κ1) is 14.9. The zero-order valence-electron chi connectivity index (χ0n) is 12.1. The molecule has 0 bridgehead atoms. The van der Waals surface area contributed by atoms with Gasteiger partial charge in [-0.3, -0.25) is 4.79 Å². The van der Waals surface area contributed by atoms with Crippen LogP contribution in [-0.2, 0) is 0 Å². The number of benzene rings is 1. The summed E-state index contributed by atoms with van der Waals surface area (Å²) < 4.78 is 0. The van der Waals surface area contributed by atoms with Gasteiger partial charge in [0, 0.05) is 24.6 Å². The van der Waals surface area contributed by atoms with Crippen molar-refractivity contribution in [1.82, 2.24) is 4.90 Å². The van der Waals surface area contributed by atoms with Gasteiger partial charge in [0.2, 0.25) is 0 Å². The van der Waals surface area contributed by atoms with E-state index in [4.69, 9.17) is 0 Å². The molecule has 0 aromatic heterocycles. The highest BCUT2D eigenvalue weighted by atomic mass is 16.1. The largest absolute Gasteiger partial charge is 0.300 e. The quantitative estimate of drug-likeness (QED) is 0.685. The molecule has 0 radical (unpaired) electrons. The highest BCUT2D eigenvalue weighted by molar-refractivity contribution is 5.96. The van der Waals surface area contributed by atoms with Crippen molar-refractivity contribution >= 4 is 5.78 Å². The number of Topliss-reactive ketones (excluding diaryl/α,β-unsaturated/α-hetero) is 1. The topological polar surface area (TPSA) is 20.3 Å². The van der Waals surface area contributed by atoms with Crippen molar-refractivity contribution in [2.75, 3.05) is 13.1 Å². The SMILES string of the molecule is CCCN(CCC(=O)c1ccc(C)cc1)C(C)C. The summed E-state index contributed by atoms with van der Waals surface area (Å²) in [5.41, 5.74) is 2.03. The van der Waals surface area contributed by atoms with Crippen LogP contribution in [0.3, 0.4) is 0 Å². The molecule has 0 aliphatic rings. The molecule has 1 aromatic rings. The van der Waals surface area contributed by atoms with Gasteiger partial charge in [-0.25, -0.2) is 0 Å². The number of carbonyl (C=O) groups excluding carboxylic acids is 1. The van der Waals surface area contributed by atoms with E-state index in [9.17, 15) is 4.79 Å². The van der Waals surface area contributed by atoms with Crippen LogP contribution in [0.2, 0.25) is 0 Å². The fourth-order valence-corrected chi connectivity index (χ4v) is 2.04. The van der Waals surface area contributed by atoms with E-state index in [-0.39, 0.29) is 5.78 Å². The van der Waals surface area contributed by atoms with Crippen molar-refractivity contribution in [3.05, 3.63) is 35.4 Å². The number of rotatable bonds is 7. The summed E-state index contributed by atoms with van der Waals surface area (Å²) in [6.07, 6.45) is 1.75. The molecule has 0 atom stereocenters. The van der Waals surface area contributed by atoms with Crippen molar-refractivity contribution in [2.24, 2.45) is 0 Å². The number of aryl methyl sites for hydroxylation is 1. The van der Waals surface area contributed by atoms with Crippen LogP contribution >= 0.6 is 0 Å². The zero-order valence-corrected chi connectivity index (χ0v) is 12.1. The molecule has 2 nitrogen and oxygen atoms in total. The fourth-order valence-electron chi connectivity index (χ4n) is 2.04. The van der Waals surface area contributed by atoms with Crippen molar-refractivity contribution < 1.29 is 4.79 Å². The second-order valence-electron chi connectivity index (χ2n) is 5.17. The lowest BCUT2D eigenvalue weighted by molar-refractivity contribution is 0.0955. The summed E-state index contributed by atoms with van der Waals surface area (Å²) in [7, 11) is 0. The number of hydrogen-bond acceptors (Lipinski definition) is 2. The van der Waals surface area contributed by atoms with Gasteiger partial charge < -0.3 is 4.90 Å². The Bertz CT molecular complexity index is 367. The molecule has 2 heteroatoms. The minimum absolute atomic E-state index is 0.247. The van der Waals surface area contributed by atoms with Crippen LogP contribution in [0.4, 0.5) is 0 Å². The molecule has 0 spiro atoms. The van der Waals surface area contributed by atoms with E-state index in [1.54, 1.807) is 0 Å². The zero-order chi connectivity index (χ0) is 13.5. The smallest absolute Gasteiger partial charge is 0.164 e. The molecule has 0 aliphatic carbocycles. The molecule has 0 heterocycles. The number of nitrogens with zero attached hydrogens (tertiary/aromatic N) is 1. The molecule has 0 fully saturated rings. The average molecular weight is 247 g/mol. The van der Waals surface area contributed by atoms with Gasteiger partial charge in [-0.2, -0.15) is 0 Å². The Morgan fingerprint density at radius 3 is 2.28 bits per heavy atom. The lowest BCUT2D eigenvalue weighted by atomic mass is 10.1. The number of carbonyl (C=O) groups is 1. The maximum Gasteiger partial charge on any atom is 0.164 e. The minimum atomic E-state index is 0.247. The Kier molecular flexibility index (Phi) is 6.06. The molecule has 18 heavy (non-hydrogen) atoms. The summed E-state index contributed by atoms with van der Waals surface area (Å²) >= 11 is 0. The van der Waals surface area contributed by atoms with Gasteiger partial charge in [-0.15, -0.1) is 0 Å². The lowest BCUT2D eigenvalue weighted by Crippen LogP contribution is -2.33. The molecule has 0 saturated heterocycles. The van der Waals surface area contributed by atoms with E-state index in [0.29, 0.717) is 12.5 Å². The highest BCUT2D eigenvalue weighted by Crippen LogP contribution is 2.08. The minimum Gasteiger partial charge on any atom is -0.300 e. The van der Waals surface area contributed by atoms with E-state index in [2.05, 4.69) is 25.7 Å². The van der Waals surface area contributed by atoms with E-state index >= 15 is 0 Å². The van der Waals surface area contributed by atoms with Gasteiger partial charge in [-0.05, 0) is 33.7 Å². The van der Waals surface area contributed by atoms with E-state index in [1.165, 1.54) is 5.56 Å². The summed E-state index contributed by atoms with van der Waals surface area (Å²) in [6.45, 7) is 10.5. The predicted molar refractivity (Wildman–Crippen MR) is 77.1 cm³/mol. The first-order valence-corrected chi connectivity index (χ1v) is 6.88. The summed E-state index contributed by atoms with van der Waals surface area (Å²) in [4.78, 5) is 14.4. The first-order valence-electron chi connectivity index (χ1n) is 6.88. The maximum atomic E-state index is 12.1. The molecule has 0 unspecified atom stereocenters. The fraction of sp³-hybridized carbons (Fsp3) is 0.562. The van der Waals surface area contributed by atoms with E-state index in [1.807, 2.05) is 31.2 Å². The molecule has 1 aromatic carbocycles. The van der Waals surface area contributed by atoms with E-state index < -0.39 is 0 Å². The summed E-state index contributed by atoms with van der Waals surface area (Å²) in [5, 5.41) is 0.